The number of carbonyl (C=O) groups excluding carboxylic acids is 1. The van der Waals surface area contributed by atoms with Gasteiger partial charge in [-0.05, 0) is 87.4 Å². The van der Waals surface area contributed by atoms with Gasteiger partial charge in [-0.1, -0.05) is 6.08 Å². The summed E-state index contributed by atoms with van der Waals surface area (Å²) in [5.74, 6) is 4.22. The van der Waals surface area contributed by atoms with Crippen molar-refractivity contribution in [2.24, 2.45) is 29.6 Å². The molecule has 21 heavy (non-hydrogen) atoms. The molecule has 1 unspecified atom stereocenters. The SMILES string of the molecule is C=CC1CCC(C2CCC(C3CCC(=O)OC3)CC2)CC1. The molecule has 0 N–H and O–H groups in total. The zero-order valence-corrected chi connectivity index (χ0v) is 13.3. The van der Waals surface area contributed by atoms with Crippen molar-refractivity contribution in [3.8, 4) is 0 Å². The predicted octanol–water partition coefficient (Wildman–Crippen LogP) is 4.74. The van der Waals surface area contributed by atoms with Gasteiger partial charge in [0.1, 0.15) is 0 Å². The summed E-state index contributed by atoms with van der Waals surface area (Å²) < 4.78 is 5.26. The highest BCUT2D eigenvalue weighted by Gasteiger charge is 2.34. The van der Waals surface area contributed by atoms with Crippen molar-refractivity contribution in [3.05, 3.63) is 12.7 Å². The number of hydrogen-bond donors (Lipinski definition) is 0. The minimum Gasteiger partial charge on any atom is -0.465 e. The predicted molar refractivity (Wildman–Crippen MR) is 84.8 cm³/mol. The second kappa shape index (κ2) is 6.98. The van der Waals surface area contributed by atoms with Crippen LogP contribution in [0.1, 0.15) is 64.2 Å². The van der Waals surface area contributed by atoms with Crippen LogP contribution in [-0.4, -0.2) is 12.6 Å². The van der Waals surface area contributed by atoms with E-state index in [9.17, 15) is 4.79 Å². The molecule has 1 aliphatic heterocycles. The van der Waals surface area contributed by atoms with Crippen LogP contribution >= 0.6 is 0 Å². The number of cyclic esters (lactones) is 1. The van der Waals surface area contributed by atoms with Crippen LogP contribution in [0, 0.1) is 29.6 Å². The lowest BCUT2D eigenvalue weighted by Gasteiger charge is -2.40. The van der Waals surface area contributed by atoms with Crippen molar-refractivity contribution in [2.45, 2.75) is 64.2 Å². The van der Waals surface area contributed by atoms with E-state index in [2.05, 4.69) is 12.7 Å². The molecule has 0 amide bonds. The molecule has 1 heterocycles. The Labute approximate surface area is 129 Å². The molecular formula is C19H30O2. The molecule has 0 aromatic heterocycles. The molecule has 3 fully saturated rings. The molecule has 118 valence electrons. The van der Waals surface area contributed by atoms with Crippen LogP contribution < -0.4 is 0 Å². The molecule has 2 aliphatic carbocycles. The summed E-state index contributed by atoms with van der Waals surface area (Å²) in [6.07, 6.45) is 15.0. The quantitative estimate of drug-likeness (QED) is 0.554. The summed E-state index contributed by atoms with van der Waals surface area (Å²) in [6, 6.07) is 0. The molecule has 0 spiro atoms. The van der Waals surface area contributed by atoms with E-state index in [4.69, 9.17) is 4.74 Å². The van der Waals surface area contributed by atoms with Crippen LogP contribution in [0.15, 0.2) is 12.7 Å². The standard InChI is InChI=1S/C19H30O2/c1-2-14-3-5-15(6-4-14)16-7-9-17(10-8-16)18-11-12-19(20)21-13-18/h2,14-18H,1,3-13H2. The lowest BCUT2D eigenvalue weighted by Crippen LogP contribution is -2.32. The maximum absolute atomic E-state index is 11.2. The van der Waals surface area contributed by atoms with Crippen molar-refractivity contribution < 1.29 is 9.53 Å². The van der Waals surface area contributed by atoms with Gasteiger partial charge in [0.2, 0.25) is 0 Å². The van der Waals surface area contributed by atoms with E-state index in [1.165, 1.54) is 51.4 Å². The zero-order chi connectivity index (χ0) is 14.7. The van der Waals surface area contributed by atoms with Gasteiger partial charge >= 0.3 is 5.97 Å². The molecule has 1 saturated heterocycles. The maximum atomic E-state index is 11.2. The molecule has 0 bridgehead atoms. The van der Waals surface area contributed by atoms with Gasteiger partial charge < -0.3 is 4.74 Å². The minimum absolute atomic E-state index is 0.0129. The largest absolute Gasteiger partial charge is 0.465 e. The highest BCUT2D eigenvalue weighted by molar-refractivity contribution is 5.69. The van der Waals surface area contributed by atoms with E-state index in [1.807, 2.05) is 0 Å². The highest BCUT2D eigenvalue weighted by atomic mass is 16.5. The van der Waals surface area contributed by atoms with Gasteiger partial charge in [0.05, 0.1) is 6.61 Å². The van der Waals surface area contributed by atoms with E-state index in [-0.39, 0.29) is 5.97 Å². The van der Waals surface area contributed by atoms with Gasteiger partial charge in [-0.15, -0.1) is 6.58 Å². The fraction of sp³-hybridized carbons (Fsp3) is 0.842. The Balaban J connectivity index is 1.43. The fourth-order valence-corrected chi connectivity index (χ4v) is 4.97. The monoisotopic (exact) mass is 290 g/mol. The van der Waals surface area contributed by atoms with Crippen LogP contribution in [0.5, 0.6) is 0 Å². The number of rotatable bonds is 3. The fourth-order valence-electron chi connectivity index (χ4n) is 4.97. The van der Waals surface area contributed by atoms with E-state index in [0.717, 1.165) is 30.1 Å². The highest BCUT2D eigenvalue weighted by Crippen LogP contribution is 2.44. The first-order valence-electron chi connectivity index (χ1n) is 9.04. The van der Waals surface area contributed by atoms with E-state index in [1.54, 1.807) is 0 Å². The van der Waals surface area contributed by atoms with Crippen LogP contribution in [-0.2, 0) is 9.53 Å². The molecule has 2 saturated carbocycles. The summed E-state index contributed by atoms with van der Waals surface area (Å²) in [5, 5.41) is 0. The van der Waals surface area contributed by atoms with Gasteiger partial charge in [0.25, 0.3) is 0 Å². The number of allylic oxidation sites excluding steroid dienone is 1. The van der Waals surface area contributed by atoms with Gasteiger partial charge in [-0.25, -0.2) is 0 Å². The number of hydrogen-bond acceptors (Lipinski definition) is 2. The Bertz CT molecular complexity index is 350. The third-order valence-corrected chi connectivity index (χ3v) is 6.48. The molecule has 2 nitrogen and oxygen atoms in total. The molecule has 0 radical (unpaired) electrons. The smallest absolute Gasteiger partial charge is 0.305 e. The zero-order valence-electron chi connectivity index (χ0n) is 13.3. The Morgan fingerprint density at radius 3 is 1.81 bits per heavy atom. The Morgan fingerprint density at radius 2 is 1.33 bits per heavy atom. The van der Waals surface area contributed by atoms with Crippen LogP contribution in [0.4, 0.5) is 0 Å². The van der Waals surface area contributed by atoms with Crippen molar-refractivity contribution >= 4 is 5.97 Å². The molecule has 0 aromatic rings. The summed E-state index contributed by atoms with van der Waals surface area (Å²) in [6.45, 7) is 4.65. The average molecular weight is 290 g/mol. The lowest BCUT2D eigenvalue weighted by atomic mass is 9.67. The Morgan fingerprint density at radius 1 is 0.810 bits per heavy atom. The Hall–Kier alpha value is -0.790. The topological polar surface area (TPSA) is 26.3 Å². The van der Waals surface area contributed by atoms with Crippen molar-refractivity contribution in [3.63, 3.8) is 0 Å². The van der Waals surface area contributed by atoms with Gasteiger partial charge in [-0.3, -0.25) is 4.79 Å². The molecule has 3 rings (SSSR count). The second-order valence-corrected chi connectivity index (χ2v) is 7.57. The first-order chi connectivity index (χ1) is 10.3. The van der Waals surface area contributed by atoms with Crippen molar-refractivity contribution in [1.82, 2.24) is 0 Å². The first-order valence-corrected chi connectivity index (χ1v) is 9.04. The minimum atomic E-state index is 0.0129. The van der Waals surface area contributed by atoms with Gasteiger partial charge in [0, 0.05) is 6.42 Å². The van der Waals surface area contributed by atoms with Crippen LogP contribution in [0.25, 0.3) is 0 Å². The van der Waals surface area contributed by atoms with Crippen molar-refractivity contribution in [1.29, 1.82) is 0 Å². The summed E-state index contributed by atoms with van der Waals surface area (Å²) >= 11 is 0. The summed E-state index contributed by atoms with van der Waals surface area (Å²) in [4.78, 5) is 11.2. The van der Waals surface area contributed by atoms with Gasteiger partial charge in [0.15, 0.2) is 0 Å². The number of esters is 1. The Kier molecular flexibility index (Phi) is 5.03. The molecule has 1 atom stereocenters. The summed E-state index contributed by atoms with van der Waals surface area (Å²) in [7, 11) is 0. The maximum Gasteiger partial charge on any atom is 0.305 e. The van der Waals surface area contributed by atoms with Gasteiger partial charge in [-0.2, -0.15) is 0 Å². The summed E-state index contributed by atoms with van der Waals surface area (Å²) in [5.41, 5.74) is 0. The van der Waals surface area contributed by atoms with E-state index >= 15 is 0 Å². The van der Waals surface area contributed by atoms with Crippen LogP contribution in [0.2, 0.25) is 0 Å². The number of ether oxygens (including phenoxy) is 1. The van der Waals surface area contributed by atoms with Crippen LogP contribution in [0.3, 0.4) is 0 Å². The lowest BCUT2D eigenvalue weighted by molar-refractivity contribution is -0.151. The third kappa shape index (κ3) is 3.70. The van der Waals surface area contributed by atoms with Crippen molar-refractivity contribution in [2.75, 3.05) is 6.61 Å². The first kappa shape index (κ1) is 15.1. The van der Waals surface area contributed by atoms with E-state index < -0.39 is 0 Å². The third-order valence-electron chi connectivity index (χ3n) is 6.48. The normalized spacial score (nSPS) is 41.3. The molecular weight excluding hydrogens is 260 g/mol. The average Bonchev–Trinajstić information content (AvgIpc) is 2.56. The number of carbonyl (C=O) groups is 1. The second-order valence-electron chi connectivity index (χ2n) is 7.57. The molecule has 3 aliphatic rings. The molecule has 2 heteroatoms. The molecule has 0 aromatic carbocycles. The van der Waals surface area contributed by atoms with E-state index in [0.29, 0.717) is 18.9 Å².